The van der Waals surface area contributed by atoms with Gasteiger partial charge >= 0.3 is 6.18 Å². The molecule has 0 radical (unpaired) electrons. The lowest BCUT2D eigenvalue weighted by Gasteiger charge is -2.38. The van der Waals surface area contributed by atoms with Gasteiger partial charge in [0.2, 0.25) is 0 Å². The molecule has 0 bridgehead atoms. The first kappa shape index (κ1) is 14.8. The van der Waals surface area contributed by atoms with Gasteiger partial charge in [-0.25, -0.2) is 0 Å². The Hall–Kier alpha value is -0.250. The Morgan fingerprint density at radius 1 is 1.12 bits per heavy atom. The SMILES string of the molecule is CCCCCCC1(N)CCC(C(F)(F)F)CC1. The Balaban J connectivity index is 2.29. The van der Waals surface area contributed by atoms with Crippen molar-refractivity contribution in [1.82, 2.24) is 0 Å². The zero-order valence-corrected chi connectivity index (χ0v) is 10.7. The molecule has 0 aromatic heterocycles. The highest BCUT2D eigenvalue weighted by atomic mass is 19.4. The second kappa shape index (κ2) is 6.07. The van der Waals surface area contributed by atoms with Crippen LogP contribution in [-0.4, -0.2) is 11.7 Å². The van der Waals surface area contributed by atoms with Gasteiger partial charge in [0.15, 0.2) is 0 Å². The molecule has 0 spiro atoms. The average Bonchev–Trinajstić information content (AvgIpc) is 2.24. The molecule has 1 saturated carbocycles. The van der Waals surface area contributed by atoms with E-state index in [4.69, 9.17) is 5.73 Å². The van der Waals surface area contributed by atoms with Crippen LogP contribution < -0.4 is 5.73 Å². The molecule has 0 heterocycles. The van der Waals surface area contributed by atoms with Gasteiger partial charge in [-0.2, -0.15) is 13.2 Å². The maximum atomic E-state index is 12.5. The van der Waals surface area contributed by atoms with Crippen molar-refractivity contribution in [1.29, 1.82) is 0 Å². The number of rotatable bonds is 5. The van der Waals surface area contributed by atoms with Crippen molar-refractivity contribution in [3.8, 4) is 0 Å². The molecule has 1 nitrogen and oxygen atoms in total. The minimum atomic E-state index is -4.02. The van der Waals surface area contributed by atoms with E-state index < -0.39 is 12.1 Å². The molecule has 2 N–H and O–H groups in total. The summed E-state index contributed by atoms with van der Waals surface area (Å²) >= 11 is 0. The minimum Gasteiger partial charge on any atom is -0.325 e. The summed E-state index contributed by atoms with van der Waals surface area (Å²) in [5.41, 5.74) is 5.86. The summed E-state index contributed by atoms with van der Waals surface area (Å²) in [7, 11) is 0. The van der Waals surface area contributed by atoms with Gasteiger partial charge in [0.1, 0.15) is 0 Å². The summed E-state index contributed by atoms with van der Waals surface area (Å²) in [6.07, 6.45) is 2.93. The second-order valence-electron chi connectivity index (χ2n) is 5.49. The predicted molar refractivity (Wildman–Crippen MR) is 63.7 cm³/mol. The van der Waals surface area contributed by atoms with E-state index >= 15 is 0 Å². The number of hydrogen-bond donors (Lipinski definition) is 1. The molecule has 17 heavy (non-hydrogen) atoms. The minimum absolute atomic E-state index is 0.216. The van der Waals surface area contributed by atoms with Gasteiger partial charge < -0.3 is 5.73 Å². The van der Waals surface area contributed by atoms with Crippen molar-refractivity contribution in [2.24, 2.45) is 11.7 Å². The molecule has 0 saturated heterocycles. The summed E-state index contributed by atoms with van der Waals surface area (Å²) in [5.74, 6) is -1.12. The van der Waals surface area contributed by atoms with Gasteiger partial charge in [-0.15, -0.1) is 0 Å². The van der Waals surface area contributed by atoms with E-state index in [9.17, 15) is 13.2 Å². The molecule has 0 aliphatic heterocycles. The number of halogens is 3. The molecule has 0 amide bonds. The Morgan fingerprint density at radius 3 is 2.18 bits per heavy atom. The molecule has 0 aromatic rings. The van der Waals surface area contributed by atoms with Crippen molar-refractivity contribution < 1.29 is 13.2 Å². The zero-order valence-electron chi connectivity index (χ0n) is 10.7. The average molecular weight is 251 g/mol. The topological polar surface area (TPSA) is 26.0 Å². The van der Waals surface area contributed by atoms with Crippen LogP contribution in [0.5, 0.6) is 0 Å². The molecule has 0 unspecified atom stereocenters. The first-order valence-corrected chi connectivity index (χ1v) is 6.73. The van der Waals surface area contributed by atoms with Crippen LogP contribution in [0.4, 0.5) is 13.2 Å². The van der Waals surface area contributed by atoms with E-state index in [1.165, 1.54) is 12.8 Å². The lowest BCUT2D eigenvalue weighted by Crippen LogP contribution is -2.45. The fourth-order valence-corrected chi connectivity index (χ4v) is 2.67. The van der Waals surface area contributed by atoms with Crippen molar-refractivity contribution in [3.63, 3.8) is 0 Å². The number of alkyl halides is 3. The molecule has 1 fully saturated rings. The summed E-state index contributed by atoms with van der Waals surface area (Å²) < 4.78 is 37.5. The third kappa shape index (κ3) is 4.86. The van der Waals surface area contributed by atoms with Crippen molar-refractivity contribution >= 4 is 0 Å². The second-order valence-corrected chi connectivity index (χ2v) is 5.49. The van der Waals surface area contributed by atoms with E-state index in [1.807, 2.05) is 0 Å². The van der Waals surface area contributed by atoms with E-state index in [1.54, 1.807) is 0 Å². The Morgan fingerprint density at radius 2 is 1.71 bits per heavy atom. The third-order valence-corrected chi connectivity index (χ3v) is 3.97. The van der Waals surface area contributed by atoms with Crippen LogP contribution in [0.1, 0.15) is 64.7 Å². The van der Waals surface area contributed by atoms with Crippen LogP contribution in [0.15, 0.2) is 0 Å². The highest BCUT2D eigenvalue weighted by Gasteiger charge is 2.44. The molecule has 0 aromatic carbocycles. The summed E-state index contributed by atoms with van der Waals surface area (Å²) in [4.78, 5) is 0. The maximum absolute atomic E-state index is 12.5. The first-order valence-electron chi connectivity index (χ1n) is 6.73. The molecule has 4 heteroatoms. The first-order chi connectivity index (χ1) is 7.87. The summed E-state index contributed by atoms with van der Waals surface area (Å²) in [6.45, 7) is 2.15. The van der Waals surface area contributed by atoms with E-state index in [2.05, 4.69) is 6.92 Å². The number of hydrogen-bond acceptors (Lipinski definition) is 1. The highest BCUT2D eigenvalue weighted by Crippen LogP contribution is 2.41. The van der Waals surface area contributed by atoms with E-state index in [0.29, 0.717) is 12.8 Å². The largest absolute Gasteiger partial charge is 0.391 e. The number of nitrogens with two attached hydrogens (primary N) is 1. The highest BCUT2D eigenvalue weighted by molar-refractivity contribution is 4.91. The van der Waals surface area contributed by atoms with Gasteiger partial charge in [0, 0.05) is 5.54 Å². The van der Waals surface area contributed by atoms with Crippen LogP contribution in [-0.2, 0) is 0 Å². The summed E-state index contributed by atoms with van der Waals surface area (Å²) in [6, 6.07) is 0. The summed E-state index contributed by atoms with van der Waals surface area (Å²) in [5, 5.41) is 0. The van der Waals surface area contributed by atoms with E-state index in [0.717, 1.165) is 19.3 Å². The van der Waals surface area contributed by atoms with Crippen molar-refractivity contribution in [2.75, 3.05) is 0 Å². The predicted octanol–water partition coefficient (Wildman–Crippen LogP) is 4.41. The maximum Gasteiger partial charge on any atom is 0.391 e. The molecular formula is C13H24F3N. The third-order valence-electron chi connectivity index (χ3n) is 3.97. The molecular weight excluding hydrogens is 227 g/mol. The fourth-order valence-electron chi connectivity index (χ4n) is 2.67. The van der Waals surface area contributed by atoms with Gasteiger partial charge in [-0.05, 0) is 32.1 Å². The standard InChI is InChI=1S/C13H24F3N/c1-2-3-4-5-8-12(17)9-6-11(7-10-12)13(14,15)16/h11H,2-10,17H2,1H3. The van der Waals surface area contributed by atoms with Crippen molar-refractivity contribution in [3.05, 3.63) is 0 Å². The quantitative estimate of drug-likeness (QED) is 0.720. The Kier molecular flexibility index (Phi) is 5.29. The van der Waals surface area contributed by atoms with Crippen LogP contribution in [0.25, 0.3) is 0 Å². The lowest BCUT2D eigenvalue weighted by atomic mass is 9.74. The van der Waals surface area contributed by atoms with Crippen LogP contribution in [0.3, 0.4) is 0 Å². The van der Waals surface area contributed by atoms with Crippen LogP contribution in [0.2, 0.25) is 0 Å². The normalized spacial score (nSPS) is 30.5. The van der Waals surface area contributed by atoms with Gasteiger partial charge in [-0.3, -0.25) is 0 Å². The van der Waals surface area contributed by atoms with Gasteiger partial charge in [0.25, 0.3) is 0 Å². The molecule has 1 rings (SSSR count). The van der Waals surface area contributed by atoms with Crippen LogP contribution >= 0.6 is 0 Å². The fraction of sp³-hybridized carbons (Fsp3) is 1.00. The number of unbranched alkanes of at least 4 members (excludes halogenated alkanes) is 3. The van der Waals surface area contributed by atoms with Crippen molar-refractivity contribution in [2.45, 2.75) is 76.4 Å². The molecule has 102 valence electrons. The molecule has 1 aliphatic rings. The molecule has 1 aliphatic carbocycles. The smallest absolute Gasteiger partial charge is 0.325 e. The Bertz CT molecular complexity index is 217. The molecule has 0 atom stereocenters. The monoisotopic (exact) mass is 251 g/mol. The Labute approximate surface area is 102 Å². The lowest BCUT2D eigenvalue weighted by molar-refractivity contribution is -0.184. The van der Waals surface area contributed by atoms with E-state index in [-0.39, 0.29) is 18.4 Å². The van der Waals surface area contributed by atoms with Crippen LogP contribution in [0, 0.1) is 5.92 Å². The van der Waals surface area contributed by atoms with Gasteiger partial charge in [0.05, 0.1) is 5.92 Å². The van der Waals surface area contributed by atoms with Gasteiger partial charge in [-0.1, -0.05) is 32.6 Å². The zero-order chi connectivity index (χ0) is 12.9.